The highest BCUT2D eigenvalue weighted by Gasteiger charge is 2.20. The van der Waals surface area contributed by atoms with E-state index in [0.717, 1.165) is 5.56 Å². The fourth-order valence-corrected chi connectivity index (χ4v) is 2.53. The van der Waals surface area contributed by atoms with Gasteiger partial charge in [0, 0.05) is 24.2 Å². The smallest absolute Gasteiger partial charge is 0.182 e. The zero-order valence-electron chi connectivity index (χ0n) is 11.9. The molecule has 0 radical (unpaired) electrons. The lowest BCUT2D eigenvalue weighted by Gasteiger charge is -2.28. The fraction of sp³-hybridized carbons (Fsp3) is 0.250. The van der Waals surface area contributed by atoms with E-state index in [0.29, 0.717) is 5.02 Å². The lowest BCUT2D eigenvalue weighted by molar-refractivity contribution is 0.495. The van der Waals surface area contributed by atoms with Crippen LogP contribution in [0, 0.1) is 11.6 Å². The van der Waals surface area contributed by atoms with Crippen LogP contribution in [0.5, 0.6) is 0 Å². The predicted molar refractivity (Wildman–Crippen MR) is 82.5 cm³/mol. The number of hydrogen-bond acceptors (Lipinski definition) is 2. The Balaban J connectivity index is 2.38. The van der Waals surface area contributed by atoms with Crippen LogP contribution in [0.1, 0.15) is 24.1 Å². The molecule has 0 saturated heterocycles. The van der Waals surface area contributed by atoms with E-state index in [1.807, 2.05) is 25.1 Å². The number of halogens is 3. The summed E-state index contributed by atoms with van der Waals surface area (Å²) in [6.07, 6.45) is 0. The summed E-state index contributed by atoms with van der Waals surface area (Å²) >= 11 is 6.16. The minimum absolute atomic E-state index is 0.0349. The zero-order chi connectivity index (χ0) is 15.6. The van der Waals surface area contributed by atoms with Gasteiger partial charge >= 0.3 is 0 Å². The molecule has 112 valence electrons. The van der Waals surface area contributed by atoms with Gasteiger partial charge in [-0.25, -0.2) is 8.78 Å². The maximum Gasteiger partial charge on any atom is 0.182 e. The number of nitrogens with zero attached hydrogens (tertiary/aromatic N) is 1. The van der Waals surface area contributed by atoms with Gasteiger partial charge in [0.2, 0.25) is 0 Å². The molecule has 2 nitrogen and oxygen atoms in total. The predicted octanol–water partition coefficient (Wildman–Crippen LogP) is 4.27. The number of anilines is 1. The SMILES string of the molecule is CC(c1ccccc1Cl)N(C)c1ccc(CN)c(F)c1F. The number of hydrogen-bond donors (Lipinski definition) is 1. The van der Waals surface area contributed by atoms with Crippen molar-refractivity contribution in [1.29, 1.82) is 0 Å². The van der Waals surface area contributed by atoms with Crippen molar-refractivity contribution in [3.63, 3.8) is 0 Å². The van der Waals surface area contributed by atoms with E-state index in [9.17, 15) is 8.78 Å². The van der Waals surface area contributed by atoms with E-state index in [2.05, 4.69) is 0 Å². The Morgan fingerprint density at radius 1 is 1.14 bits per heavy atom. The van der Waals surface area contributed by atoms with E-state index in [1.165, 1.54) is 12.1 Å². The summed E-state index contributed by atoms with van der Waals surface area (Å²) in [4.78, 5) is 1.65. The summed E-state index contributed by atoms with van der Waals surface area (Å²) < 4.78 is 28.0. The molecular weight excluding hydrogens is 294 g/mol. The highest BCUT2D eigenvalue weighted by atomic mass is 35.5. The van der Waals surface area contributed by atoms with Crippen molar-refractivity contribution in [3.05, 3.63) is 64.2 Å². The summed E-state index contributed by atoms with van der Waals surface area (Å²) in [5.41, 5.74) is 6.57. The van der Waals surface area contributed by atoms with Crippen LogP contribution in [-0.4, -0.2) is 7.05 Å². The van der Waals surface area contributed by atoms with Crippen LogP contribution in [0.25, 0.3) is 0 Å². The van der Waals surface area contributed by atoms with Crippen molar-refractivity contribution in [2.75, 3.05) is 11.9 Å². The second-order valence-corrected chi connectivity index (χ2v) is 5.29. The third-order valence-electron chi connectivity index (χ3n) is 3.68. The molecule has 0 amide bonds. The van der Waals surface area contributed by atoms with Crippen molar-refractivity contribution < 1.29 is 8.78 Å². The third-order valence-corrected chi connectivity index (χ3v) is 4.02. The minimum atomic E-state index is -0.895. The molecular formula is C16H17ClF2N2. The highest BCUT2D eigenvalue weighted by Crippen LogP contribution is 2.32. The van der Waals surface area contributed by atoms with Gasteiger partial charge in [0.15, 0.2) is 11.6 Å². The quantitative estimate of drug-likeness (QED) is 0.913. The van der Waals surface area contributed by atoms with Crippen molar-refractivity contribution in [2.24, 2.45) is 5.73 Å². The number of benzene rings is 2. The minimum Gasteiger partial charge on any atom is -0.365 e. The normalized spacial score (nSPS) is 12.3. The molecule has 0 aliphatic rings. The van der Waals surface area contributed by atoms with E-state index in [1.54, 1.807) is 18.0 Å². The molecule has 0 spiro atoms. The lowest BCUT2D eigenvalue weighted by Crippen LogP contribution is -2.23. The molecule has 21 heavy (non-hydrogen) atoms. The number of nitrogens with two attached hydrogens (primary N) is 1. The van der Waals surface area contributed by atoms with Gasteiger partial charge in [-0.05, 0) is 24.6 Å². The van der Waals surface area contributed by atoms with Crippen LogP contribution in [0.4, 0.5) is 14.5 Å². The molecule has 2 aromatic rings. The van der Waals surface area contributed by atoms with E-state index >= 15 is 0 Å². The Morgan fingerprint density at radius 3 is 2.43 bits per heavy atom. The van der Waals surface area contributed by atoms with Gasteiger partial charge in [-0.3, -0.25) is 0 Å². The summed E-state index contributed by atoms with van der Waals surface area (Å²) in [5, 5.41) is 0.594. The molecule has 0 saturated carbocycles. The number of rotatable bonds is 4. The van der Waals surface area contributed by atoms with Crippen LogP contribution < -0.4 is 10.6 Å². The van der Waals surface area contributed by atoms with Crippen molar-refractivity contribution >= 4 is 17.3 Å². The van der Waals surface area contributed by atoms with E-state index in [-0.39, 0.29) is 23.8 Å². The summed E-state index contributed by atoms with van der Waals surface area (Å²) in [6, 6.07) is 10.2. The Hall–Kier alpha value is -1.65. The van der Waals surface area contributed by atoms with Gasteiger partial charge in [-0.2, -0.15) is 0 Å². The molecule has 0 aromatic heterocycles. The highest BCUT2D eigenvalue weighted by molar-refractivity contribution is 6.31. The summed E-state index contributed by atoms with van der Waals surface area (Å²) in [7, 11) is 1.70. The molecule has 2 aromatic carbocycles. The second-order valence-electron chi connectivity index (χ2n) is 4.88. The molecule has 0 aliphatic heterocycles. The van der Waals surface area contributed by atoms with Gasteiger partial charge in [-0.15, -0.1) is 0 Å². The summed E-state index contributed by atoms with van der Waals surface area (Å²) in [6.45, 7) is 1.85. The molecule has 0 bridgehead atoms. The third kappa shape index (κ3) is 3.01. The first-order valence-corrected chi connectivity index (χ1v) is 6.99. The van der Waals surface area contributed by atoms with Crippen LogP contribution in [0.3, 0.4) is 0 Å². The van der Waals surface area contributed by atoms with Crippen LogP contribution in [-0.2, 0) is 6.54 Å². The average molecular weight is 311 g/mol. The van der Waals surface area contributed by atoms with Gasteiger partial charge in [0.05, 0.1) is 11.7 Å². The van der Waals surface area contributed by atoms with Gasteiger partial charge in [0.1, 0.15) is 0 Å². The molecule has 0 aliphatic carbocycles. The maximum atomic E-state index is 14.2. The van der Waals surface area contributed by atoms with Gasteiger partial charge in [0.25, 0.3) is 0 Å². The molecule has 1 atom stereocenters. The Kier molecular flexibility index (Phi) is 4.80. The first-order valence-electron chi connectivity index (χ1n) is 6.61. The molecule has 0 heterocycles. The molecule has 1 unspecified atom stereocenters. The Morgan fingerprint density at radius 2 is 1.81 bits per heavy atom. The van der Waals surface area contributed by atoms with Crippen LogP contribution in [0.15, 0.2) is 36.4 Å². The first kappa shape index (κ1) is 15.7. The average Bonchev–Trinajstić information content (AvgIpc) is 2.49. The molecule has 0 fully saturated rings. The zero-order valence-corrected chi connectivity index (χ0v) is 12.7. The van der Waals surface area contributed by atoms with Crippen LogP contribution in [0.2, 0.25) is 5.02 Å². The van der Waals surface area contributed by atoms with Crippen molar-refractivity contribution in [3.8, 4) is 0 Å². The Bertz CT molecular complexity index is 646. The summed E-state index contributed by atoms with van der Waals surface area (Å²) in [5.74, 6) is -1.78. The topological polar surface area (TPSA) is 29.3 Å². The molecule has 2 N–H and O–H groups in total. The van der Waals surface area contributed by atoms with Gasteiger partial charge in [-0.1, -0.05) is 35.9 Å². The maximum absolute atomic E-state index is 14.2. The van der Waals surface area contributed by atoms with E-state index in [4.69, 9.17) is 17.3 Å². The second kappa shape index (κ2) is 6.41. The van der Waals surface area contributed by atoms with E-state index < -0.39 is 11.6 Å². The molecule has 5 heteroatoms. The van der Waals surface area contributed by atoms with Gasteiger partial charge < -0.3 is 10.6 Å². The lowest BCUT2D eigenvalue weighted by atomic mass is 10.1. The standard InChI is InChI=1S/C16H17ClF2N2/c1-10(12-5-3-4-6-13(12)17)21(2)14-8-7-11(9-20)15(18)16(14)19/h3-8,10H,9,20H2,1-2H3. The largest absolute Gasteiger partial charge is 0.365 e. The van der Waals surface area contributed by atoms with Crippen molar-refractivity contribution in [1.82, 2.24) is 0 Å². The van der Waals surface area contributed by atoms with Crippen molar-refractivity contribution in [2.45, 2.75) is 19.5 Å². The molecule has 2 rings (SSSR count). The Labute approximate surface area is 128 Å². The first-order chi connectivity index (χ1) is 9.97. The monoisotopic (exact) mass is 310 g/mol. The van der Waals surface area contributed by atoms with Crippen LogP contribution >= 0.6 is 11.6 Å². The fourth-order valence-electron chi connectivity index (χ4n) is 2.24.